The van der Waals surface area contributed by atoms with Crippen LogP contribution in [0.4, 0.5) is 0 Å². The Morgan fingerprint density at radius 3 is 2.55 bits per heavy atom. The van der Waals surface area contributed by atoms with Gasteiger partial charge in [-0.05, 0) is 35.4 Å². The molecule has 0 amide bonds. The van der Waals surface area contributed by atoms with Crippen LogP contribution in [0.1, 0.15) is 17.0 Å². The fourth-order valence-corrected chi connectivity index (χ4v) is 3.24. The fourth-order valence-electron chi connectivity index (χ4n) is 3.24. The van der Waals surface area contributed by atoms with Crippen molar-refractivity contribution in [3.8, 4) is 11.5 Å². The SMILES string of the molecule is COc1cc(CNCCc2nc3ccccc3[nH]2)ccc1OCc1ccccc1. The molecule has 2 N–H and O–H groups in total. The molecule has 0 bridgehead atoms. The number of imidazole rings is 1. The number of nitrogens with one attached hydrogen (secondary N) is 2. The number of rotatable bonds is 9. The van der Waals surface area contributed by atoms with E-state index in [1.165, 1.54) is 0 Å². The highest BCUT2D eigenvalue weighted by molar-refractivity contribution is 5.74. The molecule has 0 saturated heterocycles. The van der Waals surface area contributed by atoms with Gasteiger partial charge in [0.1, 0.15) is 12.4 Å². The van der Waals surface area contributed by atoms with Gasteiger partial charge in [-0.1, -0.05) is 48.5 Å². The molecule has 0 unspecified atom stereocenters. The Labute approximate surface area is 170 Å². The van der Waals surface area contributed by atoms with E-state index >= 15 is 0 Å². The van der Waals surface area contributed by atoms with Crippen LogP contribution >= 0.6 is 0 Å². The number of nitrogens with zero attached hydrogens (tertiary/aromatic N) is 1. The third-order valence-corrected chi connectivity index (χ3v) is 4.77. The minimum absolute atomic E-state index is 0.520. The van der Waals surface area contributed by atoms with E-state index in [0.29, 0.717) is 6.61 Å². The Hall–Kier alpha value is -3.31. The van der Waals surface area contributed by atoms with E-state index in [2.05, 4.69) is 21.4 Å². The number of hydrogen-bond donors (Lipinski definition) is 2. The first kappa shape index (κ1) is 19.0. The topological polar surface area (TPSA) is 59.2 Å². The van der Waals surface area contributed by atoms with Crippen molar-refractivity contribution >= 4 is 11.0 Å². The lowest BCUT2D eigenvalue weighted by atomic mass is 10.2. The van der Waals surface area contributed by atoms with Crippen molar-refractivity contribution in [2.24, 2.45) is 0 Å². The average Bonchev–Trinajstić information content (AvgIpc) is 3.19. The fraction of sp³-hybridized carbons (Fsp3) is 0.208. The second-order valence-corrected chi connectivity index (χ2v) is 6.89. The Morgan fingerprint density at radius 2 is 1.72 bits per heavy atom. The van der Waals surface area contributed by atoms with Crippen LogP contribution in [0.15, 0.2) is 72.8 Å². The van der Waals surface area contributed by atoms with Crippen LogP contribution in [0.3, 0.4) is 0 Å². The van der Waals surface area contributed by atoms with Gasteiger partial charge < -0.3 is 19.8 Å². The van der Waals surface area contributed by atoms with Gasteiger partial charge in [-0.3, -0.25) is 0 Å². The number of methoxy groups -OCH3 is 1. The van der Waals surface area contributed by atoms with Gasteiger partial charge in [0.05, 0.1) is 18.1 Å². The number of benzene rings is 3. The Morgan fingerprint density at radius 1 is 0.897 bits per heavy atom. The lowest BCUT2D eigenvalue weighted by molar-refractivity contribution is 0.284. The molecule has 1 heterocycles. The van der Waals surface area contributed by atoms with Crippen LogP contribution in [-0.4, -0.2) is 23.6 Å². The summed E-state index contributed by atoms with van der Waals surface area (Å²) < 4.78 is 11.4. The van der Waals surface area contributed by atoms with Crippen molar-refractivity contribution in [3.63, 3.8) is 0 Å². The molecule has 0 aliphatic heterocycles. The van der Waals surface area contributed by atoms with Crippen LogP contribution in [0.5, 0.6) is 11.5 Å². The monoisotopic (exact) mass is 387 g/mol. The van der Waals surface area contributed by atoms with Crippen molar-refractivity contribution in [2.75, 3.05) is 13.7 Å². The van der Waals surface area contributed by atoms with Gasteiger partial charge in [-0.15, -0.1) is 0 Å². The van der Waals surface area contributed by atoms with E-state index in [-0.39, 0.29) is 0 Å². The predicted molar refractivity (Wildman–Crippen MR) is 115 cm³/mol. The Balaban J connectivity index is 1.29. The number of aromatic amines is 1. The molecule has 3 aromatic carbocycles. The second-order valence-electron chi connectivity index (χ2n) is 6.89. The van der Waals surface area contributed by atoms with Crippen LogP contribution in [0.2, 0.25) is 0 Å². The highest BCUT2D eigenvalue weighted by Crippen LogP contribution is 2.28. The summed E-state index contributed by atoms with van der Waals surface area (Å²) in [6.45, 7) is 2.12. The molecular formula is C24H25N3O2. The molecule has 0 aliphatic carbocycles. The molecule has 1 aromatic heterocycles. The minimum atomic E-state index is 0.520. The molecule has 5 nitrogen and oxygen atoms in total. The summed E-state index contributed by atoms with van der Waals surface area (Å²) in [5.74, 6) is 2.50. The summed E-state index contributed by atoms with van der Waals surface area (Å²) in [6, 6.07) is 24.3. The van der Waals surface area contributed by atoms with Crippen molar-refractivity contribution in [3.05, 3.63) is 89.7 Å². The molecule has 0 spiro atoms. The molecule has 5 heteroatoms. The van der Waals surface area contributed by atoms with Crippen molar-refractivity contribution in [1.29, 1.82) is 0 Å². The number of fused-ring (bicyclic) bond motifs is 1. The largest absolute Gasteiger partial charge is 0.493 e. The number of hydrogen-bond acceptors (Lipinski definition) is 4. The summed E-state index contributed by atoms with van der Waals surface area (Å²) in [7, 11) is 1.67. The molecule has 0 atom stereocenters. The van der Waals surface area contributed by atoms with Crippen LogP contribution in [-0.2, 0) is 19.6 Å². The summed E-state index contributed by atoms with van der Waals surface area (Å²) in [5.41, 5.74) is 4.38. The lowest BCUT2D eigenvalue weighted by Crippen LogP contribution is -2.17. The third-order valence-electron chi connectivity index (χ3n) is 4.77. The highest BCUT2D eigenvalue weighted by atomic mass is 16.5. The van der Waals surface area contributed by atoms with Crippen molar-refractivity contribution in [1.82, 2.24) is 15.3 Å². The minimum Gasteiger partial charge on any atom is -0.493 e. The molecule has 0 fully saturated rings. The molecular weight excluding hydrogens is 362 g/mol. The number of ether oxygens (including phenoxy) is 2. The predicted octanol–water partition coefficient (Wildman–Crippen LogP) is 4.48. The molecule has 4 aromatic rings. The van der Waals surface area contributed by atoms with E-state index in [4.69, 9.17) is 9.47 Å². The summed E-state index contributed by atoms with van der Waals surface area (Å²) in [5, 5.41) is 3.47. The van der Waals surface area contributed by atoms with Crippen LogP contribution in [0.25, 0.3) is 11.0 Å². The zero-order chi connectivity index (χ0) is 19.9. The van der Waals surface area contributed by atoms with E-state index in [9.17, 15) is 0 Å². The molecule has 0 saturated carbocycles. The van der Waals surface area contributed by atoms with Gasteiger partial charge in [0.2, 0.25) is 0 Å². The van der Waals surface area contributed by atoms with Crippen LogP contribution in [0, 0.1) is 0 Å². The standard InChI is InChI=1S/C24H25N3O2/c1-28-23-15-19(11-12-22(23)29-17-18-7-3-2-4-8-18)16-25-14-13-24-26-20-9-5-6-10-21(20)27-24/h2-12,15,25H,13-14,16-17H2,1H3,(H,26,27). The first-order valence-electron chi connectivity index (χ1n) is 9.80. The molecule has 0 aliphatic rings. The zero-order valence-corrected chi connectivity index (χ0v) is 16.5. The van der Waals surface area contributed by atoms with Gasteiger partial charge in [0.15, 0.2) is 11.5 Å². The van der Waals surface area contributed by atoms with Crippen LogP contribution < -0.4 is 14.8 Å². The number of H-pyrrole nitrogens is 1. The molecule has 29 heavy (non-hydrogen) atoms. The molecule has 4 rings (SSSR count). The summed E-state index contributed by atoms with van der Waals surface area (Å²) in [6.07, 6.45) is 0.851. The number of aromatic nitrogens is 2. The smallest absolute Gasteiger partial charge is 0.161 e. The maximum absolute atomic E-state index is 5.92. The third kappa shape index (κ3) is 4.95. The van der Waals surface area contributed by atoms with Gasteiger partial charge in [-0.25, -0.2) is 4.98 Å². The highest BCUT2D eigenvalue weighted by Gasteiger charge is 2.07. The Kier molecular flexibility index (Phi) is 6.07. The quantitative estimate of drug-likeness (QED) is 0.416. The van der Waals surface area contributed by atoms with Gasteiger partial charge in [0, 0.05) is 19.5 Å². The Bertz CT molecular complexity index is 1030. The van der Waals surface area contributed by atoms with Gasteiger partial charge >= 0.3 is 0 Å². The van der Waals surface area contributed by atoms with E-state index in [0.717, 1.165) is 59.0 Å². The lowest BCUT2D eigenvalue weighted by Gasteiger charge is -2.13. The first-order chi connectivity index (χ1) is 14.3. The number of para-hydroxylation sites is 2. The van der Waals surface area contributed by atoms with Gasteiger partial charge in [-0.2, -0.15) is 0 Å². The van der Waals surface area contributed by atoms with E-state index in [1.54, 1.807) is 7.11 Å². The van der Waals surface area contributed by atoms with E-state index < -0.39 is 0 Å². The summed E-state index contributed by atoms with van der Waals surface area (Å²) in [4.78, 5) is 7.97. The normalized spacial score (nSPS) is 10.9. The first-order valence-corrected chi connectivity index (χ1v) is 9.80. The van der Waals surface area contributed by atoms with Crippen molar-refractivity contribution in [2.45, 2.75) is 19.6 Å². The molecule has 148 valence electrons. The zero-order valence-electron chi connectivity index (χ0n) is 16.5. The van der Waals surface area contributed by atoms with Crippen molar-refractivity contribution < 1.29 is 9.47 Å². The maximum atomic E-state index is 5.92. The average molecular weight is 387 g/mol. The van der Waals surface area contributed by atoms with Gasteiger partial charge in [0.25, 0.3) is 0 Å². The molecule has 0 radical (unpaired) electrons. The maximum Gasteiger partial charge on any atom is 0.161 e. The van der Waals surface area contributed by atoms with E-state index in [1.807, 2.05) is 66.7 Å². The summed E-state index contributed by atoms with van der Waals surface area (Å²) >= 11 is 0. The second kappa shape index (κ2) is 9.26.